The van der Waals surface area contributed by atoms with Gasteiger partial charge in [0.05, 0.1) is 13.3 Å². The fourth-order valence-corrected chi connectivity index (χ4v) is 2.11. The summed E-state index contributed by atoms with van der Waals surface area (Å²) in [5.74, 6) is 1.85. The zero-order valence-electron chi connectivity index (χ0n) is 12.0. The summed E-state index contributed by atoms with van der Waals surface area (Å²) in [6.07, 6.45) is 1.30. The van der Waals surface area contributed by atoms with Crippen molar-refractivity contribution in [1.29, 1.82) is 0 Å². The van der Waals surface area contributed by atoms with E-state index in [1.165, 1.54) is 6.21 Å². The van der Waals surface area contributed by atoms with Crippen LogP contribution in [0, 0.1) is 0 Å². The van der Waals surface area contributed by atoms with E-state index in [1.54, 1.807) is 25.3 Å². The van der Waals surface area contributed by atoms with Crippen molar-refractivity contribution in [2.45, 2.75) is 0 Å². The summed E-state index contributed by atoms with van der Waals surface area (Å²) in [4.78, 5) is 0. The van der Waals surface area contributed by atoms with Gasteiger partial charge in [0.2, 0.25) is 0 Å². The molecule has 0 amide bonds. The molecule has 2 rings (SSSR count). The Labute approximate surface area is 137 Å². The lowest BCUT2D eigenvalue weighted by Gasteiger charge is -2.13. The minimum absolute atomic E-state index is 0.336. The standard InChI is InChI=1S/C16H16BrNO4/c1-20-15-4-2-3-12(11-18-19)16(15)22-10-9-21-14-7-5-13(17)6-8-14/h2-8,11,19H,9-10H2,1H3. The average molecular weight is 366 g/mol. The molecule has 0 unspecified atom stereocenters. The number of hydrogen-bond acceptors (Lipinski definition) is 5. The van der Waals surface area contributed by atoms with E-state index in [9.17, 15) is 0 Å². The Balaban J connectivity index is 1.94. The monoisotopic (exact) mass is 365 g/mol. The molecule has 0 atom stereocenters. The summed E-state index contributed by atoms with van der Waals surface area (Å²) in [5, 5.41) is 11.7. The molecule has 6 heteroatoms. The molecule has 1 N–H and O–H groups in total. The molecule has 0 saturated carbocycles. The number of oxime groups is 1. The van der Waals surface area contributed by atoms with Crippen molar-refractivity contribution < 1.29 is 19.4 Å². The Morgan fingerprint density at radius 3 is 2.50 bits per heavy atom. The van der Waals surface area contributed by atoms with Gasteiger partial charge in [-0.1, -0.05) is 27.2 Å². The molecule has 0 heterocycles. The van der Waals surface area contributed by atoms with E-state index < -0.39 is 0 Å². The molecule has 0 aliphatic rings. The van der Waals surface area contributed by atoms with Gasteiger partial charge >= 0.3 is 0 Å². The van der Waals surface area contributed by atoms with E-state index in [2.05, 4.69) is 21.1 Å². The van der Waals surface area contributed by atoms with Crippen LogP contribution in [0.1, 0.15) is 5.56 Å². The Bertz CT molecular complexity index is 629. The van der Waals surface area contributed by atoms with Gasteiger partial charge in [0, 0.05) is 10.0 Å². The summed E-state index contributed by atoms with van der Waals surface area (Å²) in [6.45, 7) is 0.720. The van der Waals surface area contributed by atoms with Gasteiger partial charge in [-0.15, -0.1) is 0 Å². The first kappa shape index (κ1) is 16.2. The first-order valence-electron chi connectivity index (χ1n) is 6.60. The van der Waals surface area contributed by atoms with E-state index in [1.807, 2.05) is 24.3 Å². The summed E-state index contributed by atoms with van der Waals surface area (Å²) in [7, 11) is 1.56. The van der Waals surface area contributed by atoms with Crippen molar-refractivity contribution in [3.63, 3.8) is 0 Å². The van der Waals surface area contributed by atoms with Crippen LogP contribution in [0.5, 0.6) is 17.2 Å². The SMILES string of the molecule is COc1cccc(C=NO)c1OCCOc1ccc(Br)cc1. The van der Waals surface area contributed by atoms with Crippen molar-refractivity contribution in [2.75, 3.05) is 20.3 Å². The lowest BCUT2D eigenvalue weighted by molar-refractivity contribution is 0.211. The number of nitrogens with zero attached hydrogens (tertiary/aromatic N) is 1. The molecular formula is C16H16BrNO4. The first-order valence-corrected chi connectivity index (χ1v) is 7.39. The fraction of sp³-hybridized carbons (Fsp3) is 0.188. The number of benzene rings is 2. The number of methoxy groups -OCH3 is 1. The van der Waals surface area contributed by atoms with Gasteiger partial charge in [-0.05, 0) is 36.4 Å². The molecule has 0 aromatic heterocycles. The fourth-order valence-electron chi connectivity index (χ4n) is 1.85. The smallest absolute Gasteiger partial charge is 0.170 e. The van der Waals surface area contributed by atoms with Gasteiger partial charge in [-0.2, -0.15) is 0 Å². The summed E-state index contributed by atoms with van der Waals surface area (Å²) < 4.78 is 17.5. The zero-order valence-corrected chi connectivity index (χ0v) is 13.6. The van der Waals surface area contributed by atoms with Crippen LogP contribution in [0.25, 0.3) is 0 Å². The molecule has 2 aromatic rings. The topological polar surface area (TPSA) is 60.3 Å². The van der Waals surface area contributed by atoms with Crippen LogP contribution in [0.4, 0.5) is 0 Å². The predicted octanol–water partition coefficient (Wildman–Crippen LogP) is 3.72. The van der Waals surface area contributed by atoms with Crippen LogP contribution in [0.3, 0.4) is 0 Å². The number of halogens is 1. The number of para-hydroxylation sites is 1. The Hall–Kier alpha value is -2.21. The number of rotatable bonds is 7. The first-order chi connectivity index (χ1) is 10.7. The van der Waals surface area contributed by atoms with E-state index in [0.29, 0.717) is 30.3 Å². The highest BCUT2D eigenvalue weighted by molar-refractivity contribution is 9.10. The van der Waals surface area contributed by atoms with Gasteiger partial charge in [0.25, 0.3) is 0 Å². The maximum atomic E-state index is 8.69. The highest BCUT2D eigenvalue weighted by atomic mass is 79.9. The quantitative estimate of drug-likeness (QED) is 0.351. The molecule has 0 aliphatic heterocycles. The summed E-state index contributed by atoms with van der Waals surface area (Å²) in [6, 6.07) is 12.9. The van der Waals surface area contributed by atoms with Crippen molar-refractivity contribution >= 4 is 22.1 Å². The van der Waals surface area contributed by atoms with Crippen LogP contribution >= 0.6 is 15.9 Å². The molecule has 22 heavy (non-hydrogen) atoms. The molecular weight excluding hydrogens is 350 g/mol. The van der Waals surface area contributed by atoms with Crippen molar-refractivity contribution in [3.8, 4) is 17.2 Å². The van der Waals surface area contributed by atoms with Crippen LogP contribution in [-0.4, -0.2) is 31.7 Å². The van der Waals surface area contributed by atoms with Gasteiger partial charge in [0.15, 0.2) is 11.5 Å². The third-order valence-corrected chi connectivity index (χ3v) is 3.37. The van der Waals surface area contributed by atoms with Gasteiger partial charge in [0.1, 0.15) is 19.0 Å². The third-order valence-electron chi connectivity index (χ3n) is 2.84. The molecule has 0 fully saturated rings. The van der Waals surface area contributed by atoms with Gasteiger partial charge in [-0.25, -0.2) is 0 Å². The second kappa shape index (κ2) is 8.29. The largest absolute Gasteiger partial charge is 0.493 e. The van der Waals surface area contributed by atoms with E-state index in [0.717, 1.165) is 10.2 Å². The molecule has 0 bridgehead atoms. The van der Waals surface area contributed by atoms with Crippen LogP contribution in [-0.2, 0) is 0 Å². The van der Waals surface area contributed by atoms with E-state index in [4.69, 9.17) is 19.4 Å². The van der Waals surface area contributed by atoms with Crippen LogP contribution in [0.15, 0.2) is 52.1 Å². The van der Waals surface area contributed by atoms with Gasteiger partial charge in [-0.3, -0.25) is 0 Å². The molecule has 2 aromatic carbocycles. The van der Waals surface area contributed by atoms with Gasteiger partial charge < -0.3 is 19.4 Å². The molecule has 0 aliphatic carbocycles. The van der Waals surface area contributed by atoms with E-state index >= 15 is 0 Å². The van der Waals surface area contributed by atoms with E-state index in [-0.39, 0.29) is 0 Å². The van der Waals surface area contributed by atoms with Crippen molar-refractivity contribution in [2.24, 2.45) is 5.16 Å². The highest BCUT2D eigenvalue weighted by Crippen LogP contribution is 2.30. The highest BCUT2D eigenvalue weighted by Gasteiger charge is 2.09. The Morgan fingerprint density at radius 1 is 1.09 bits per heavy atom. The second-order valence-electron chi connectivity index (χ2n) is 4.27. The number of ether oxygens (including phenoxy) is 3. The maximum absolute atomic E-state index is 8.69. The number of hydrogen-bond donors (Lipinski definition) is 1. The normalized spacial score (nSPS) is 10.6. The minimum atomic E-state index is 0.336. The van der Waals surface area contributed by atoms with Crippen molar-refractivity contribution in [3.05, 3.63) is 52.5 Å². The molecule has 116 valence electrons. The molecule has 0 radical (unpaired) electrons. The third kappa shape index (κ3) is 4.39. The average Bonchev–Trinajstić information content (AvgIpc) is 2.54. The Morgan fingerprint density at radius 2 is 1.82 bits per heavy atom. The van der Waals surface area contributed by atoms with Crippen LogP contribution in [0.2, 0.25) is 0 Å². The molecule has 0 spiro atoms. The predicted molar refractivity (Wildman–Crippen MR) is 87.5 cm³/mol. The Kier molecular flexibility index (Phi) is 6.09. The second-order valence-corrected chi connectivity index (χ2v) is 5.19. The lowest BCUT2D eigenvalue weighted by Crippen LogP contribution is -2.10. The zero-order chi connectivity index (χ0) is 15.8. The van der Waals surface area contributed by atoms with Crippen LogP contribution < -0.4 is 14.2 Å². The minimum Gasteiger partial charge on any atom is -0.493 e. The van der Waals surface area contributed by atoms with Crippen molar-refractivity contribution in [1.82, 2.24) is 0 Å². The maximum Gasteiger partial charge on any atom is 0.170 e. The lowest BCUT2D eigenvalue weighted by atomic mass is 10.2. The summed E-state index contributed by atoms with van der Waals surface area (Å²) >= 11 is 3.37. The molecule has 0 saturated heterocycles. The summed E-state index contributed by atoms with van der Waals surface area (Å²) in [5.41, 5.74) is 0.630. The molecule has 5 nitrogen and oxygen atoms in total.